The van der Waals surface area contributed by atoms with Crippen molar-refractivity contribution in [1.82, 2.24) is 0 Å². The van der Waals surface area contributed by atoms with Crippen LogP contribution in [0.1, 0.15) is 13.8 Å². The molecule has 0 aromatic heterocycles. The highest BCUT2D eigenvalue weighted by Gasteiger charge is 2.56. The van der Waals surface area contributed by atoms with E-state index in [9.17, 15) is 0 Å². The molecule has 0 aromatic rings. The summed E-state index contributed by atoms with van der Waals surface area (Å²) in [5.41, 5.74) is 4.08. The SMILES string of the molecule is CC1=CC2C(=C1C)[Si]2(C)C. The van der Waals surface area contributed by atoms with Crippen molar-refractivity contribution < 1.29 is 0 Å². The van der Waals surface area contributed by atoms with Gasteiger partial charge in [0.2, 0.25) is 0 Å². The van der Waals surface area contributed by atoms with Crippen molar-refractivity contribution in [3.63, 3.8) is 0 Å². The second-order valence-corrected chi connectivity index (χ2v) is 8.69. The number of hydrogen-bond acceptors (Lipinski definition) is 0. The summed E-state index contributed by atoms with van der Waals surface area (Å²) in [5, 5.41) is 1.82. The van der Waals surface area contributed by atoms with Gasteiger partial charge in [-0.25, -0.2) is 0 Å². The van der Waals surface area contributed by atoms with Crippen molar-refractivity contribution in [2.24, 2.45) is 0 Å². The largest absolute Gasteiger partial charge is 0.0867 e. The first-order valence-corrected chi connectivity index (χ1v) is 7.03. The Kier molecular flexibility index (Phi) is 0.945. The molecule has 1 fully saturated rings. The second kappa shape index (κ2) is 1.47. The van der Waals surface area contributed by atoms with Crippen LogP contribution in [0.25, 0.3) is 0 Å². The lowest BCUT2D eigenvalue weighted by Gasteiger charge is -2.02. The Morgan fingerprint density at radius 1 is 1.30 bits per heavy atom. The van der Waals surface area contributed by atoms with E-state index in [1.165, 1.54) is 5.57 Å². The number of hydrogen-bond donors (Lipinski definition) is 0. The summed E-state index contributed by atoms with van der Waals surface area (Å²) in [4.78, 5) is 0. The maximum absolute atomic E-state index is 2.47. The van der Waals surface area contributed by atoms with Gasteiger partial charge in [0.25, 0.3) is 0 Å². The predicted molar refractivity (Wildman–Crippen MR) is 47.7 cm³/mol. The van der Waals surface area contributed by atoms with Crippen molar-refractivity contribution in [3.05, 3.63) is 22.4 Å². The van der Waals surface area contributed by atoms with Gasteiger partial charge in [0.15, 0.2) is 0 Å². The predicted octanol–water partition coefficient (Wildman–Crippen LogP) is 2.89. The minimum Gasteiger partial charge on any atom is -0.0769 e. The Balaban J connectivity index is 2.44. The van der Waals surface area contributed by atoms with Crippen LogP contribution in [0.5, 0.6) is 0 Å². The summed E-state index contributed by atoms with van der Waals surface area (Å²) >= 11 is 0. The smallest absolute Gasteiger partial charge is 0.0769 e. The Morgan fingerprint density at radius 2 is 1.90 bits per heavy atom. The Labute approximate surface area is 63.6 Å². The summed E-state index contributed by atoms with van der Waals surface area (Å²) in [6.07, 6.45) is 2.47. The molecule has 0 saturated carbocycles. The van der Waals surface area contributed by atoms with E-state index in [1.807, 2.05) is 5.20 Å². The van der Waals surface area contributed by atoms with Crippen molar-refractivity contribution in [2.75, 3.05) is 0 Å². The first-order valence-electron chi connectivity index (χ1n) is 3.95. The highest BCUT2D eigenvalue weighted by molar-refractivity contribution is 6.99. The Bertz CT molecular complexity index is 256. The lowest BCUT2D eigenvalue weighted by molar-refractivity contribution is 1.37. The fourth-order valence-electron chi connectivity index (χ4n) is 2.18. The molecule has 2 aliphatic rings. The van der Waals surface area contributed by atoms with Crippen LogP contribution in [0.15, 0.2) is 22.4 Å². The van der Waals surface area contributed by atoms with Crippen LogP contribution in [0.3, 0.4) is 0 Å². The summed E-state index contributed by atoms with van der Waals surface area (Å²) in [5.74, 6) is 0. The molecule has 1 heteroatoms. The zero-order valence-electron chi connectivity index (χ0n) is 7.15. The topological polar surface area (TPSA) is 0 Å². The van der Waals surface area contributed by atoms with E-state index in [1.54, 1.807) is 5.57 Å². The van der Waals surface area contributed by atoms with Crippen LogP contribution in [-0.2, 0) is 0 Å². The van der Waals surface area contributed by atoms with Gasteiger partial charge in [-0.2, -0.15) is 0 Å². The Morgan fingerprint density at radius 3 is 2.20 bits per heavy atom. The zero-order valence-corrected chi connectivity index (χ0v) is 8.15. The Hall–Kier alpha value is -0.303. The average molecular weight is 150 g/mol. The molecule has 1 saturated heterocycles. The van der Waals surface area contributed by atoms with Gasteiger partial charge in [-0.3, -0.25) is 0 Å². The fraction of sp³-hybridized carbons (Fsp3) is 0.556. The van der Waals surface area contributed by atoms with Gasteiger partial charge in [0, 0.05) is 0 Å². The summed E-state index contributed by atoms with van der Waals surface area (Å²) in [6.45, 7) is 9.46. The summed E-state index contributed by atoms with van der Waals surface area (Å²) in [7, 11) is -0.809. The van der Waals surface area contributed by atoms with Crippen molar-refractivity contribution in [1.29, 1.82) is 0 Å². The van der Waals surface area contributed by atoms with Crippen molar-refractivity contribution in [3.8, 4) is 0 Å². The van der Waals surface area contributed by atoms with Gasteiger partial charge < -0.3 is 0 Å². The van der Waals surface area contributed by atoms with Gasteiger partial charge in [-0.1, -0.05) is 35.5 Å². The standard InChI is InChI=1S/C9H14Si/c1-6-5-8-9(7(6)2)10(8,3)4/h5,8H,1-4H3. The lowest BCUT2D eigenvalue weighted by atomic mass is 10.2. The third-order valence-corrected chi connectivity index (χ3v) is 6.89. The molecule has 1 unspecified atom stereocenters. The van der Waals surface area contributed by atoms with Gasteiger partial charge in [-0.15, -0.1) is 0 Å². The molecule has 0 radical (unpaired) electrons. The highest BCUT2D eigenvalue weighted by atomic mass is 28.3. The molecule has 1 heterocycles. The van der Waals surface area contributed by atoms with Crippen LogP contribution in [0.2, 0.25) is 18.6 Å². The quantitative estimate of drug-likeness (QED) is 0.466. The molecule has 0 amide bonds. The van der Waals surface area contributed by atoms with Gasteiger partial charge in [0.05, 0.1) is 8.07 Å². The second-order valence-electron chi connectivity index (χ2n) is 4.09. The van der Waals surface area contributed by atoms with E-state index in [0.717, 1.165) is 5.54 Å². The number of rotatable bonds is 0. The molecule has 0 nitrogen and oxygen atoms in total. The molecule has 10 heavy (non-hydrogen) atoms. The van der Waals surface area contributed by atoms with E-state index >= 15 is 0 Å². The first-order chi connectivity index (χ1) is 4.55. The van der Waals surface area contributed by atoms with E-state index in [0.29, 0.717) is 0 Å². The molecular formula is C9H14Si. The molecule has 54 valence electrons. The van der Waals surface area contributed by atoms with Crippen molar-refractivity contribution in [2.45, 2.75) is 32.5 Å². The van der Waals surface area contributed by atoms with Gasteiger partial charge >= 0.3 is 0 Å². The molecule has 0 N–H and O–H groups in total. The van der Waals surface area contributed by atoms with E-state index in [4.69, 9.17) is 0 Å². The maximum Gasteiger partial charge on any atom is 0.0867 e. The minimum absolute atomic E-state index is 0.809. The average Bonchev–Trinajstić information content (AvgIpc) is 2.12. The molecular weight excluding hydrogens is 136 g/mol. The van der Waals surface area contributed by atoms with E-state index in [-0.39, 0.29) is 0 Å². The van der Waals surface area contributed by atoms with Gasteiger partial charge in [-0.05, 0) is 19.4 Å². The third kappa shape index (κ3) is 0.523. The fourth-order valence-corrected chi connectivity index (χ4v) is 6.34. The van der Waals surface area contributed by atoms with E-state index in [2.05, 4.69) is 33.0 Å². The van der Waals surface area contributed by atoms with Crippen LogP contribution < -0.4 is 0 Å². The van der Waals surface area contributed by atoms with E-state index < -0.39 is 8.07 Å². The molecule has 0 aromatic carbocycles. The van der Waals surface area contributed by atoms with Crippen LogP contribution >= 0.6 is 0 Å². The molecule has 0 spiro atoms. The molecule has 0 bridgehead atoms. The normalized spacial score (nSPS) is 34.0. The zero-order chi connectivity index (χ0) is 7.52. The summed E-state index contributed by atoms with van der Waals surface area (Å²) < 4.78 is 0. The third-order valence-electron chi connectivity index (χ3n) is 3.11. The molecule has 2 rings (SSSR count). The van der Waals surface area contributed by atoms with Crippen LogP contribution in [-0.4, -0.2) is 8.07 Å². The molecule has 1 aliphatic carbocycles. The van der Waals surface area contributed by atoms with Crippen LogP contribution in [0.4, 0.5) is 0 Å². The molecule has 1 aliphatic heterocycles. The number of allylic oxidation sites excluding steroid dienone is 4. The van der Waals surface area contributed by atoms with Crippen molar-refractivity contribution >= 4 is 8.07 Å². The maximum atomic E-state index is 2.47. The molecule has 1 atom stereocenters. The monoisotopic (exact) mass is 150 g/mol. The summed E-state index contributed by atoms with van der Waals surface area (Å²) in [6, 6.07) is 0. The minimum atomic E-state index is -0.809. The highest BCUT2D eigenvalue weighted by Crippen LogP contribution is 2.60. The number of fused-ring (bicyclic) bond motifs is 1. The first kappa shape index (κ1) is 6.41. The van der Waals surface area contributed by atoms with Gasteiger partial charge in [0.1, 0.15) is 0 Å². The lowest BCUT2D eigenvalue weighted by Crippen LogP contribution is -2.04. The van der Waals surface area contributed by atoms with Crippen LogP contribution in [0, 0.1) is 0 Å².